The van der Waals surface area contributed by atoms with Crippen LogP contribution in [-0.2, 0) is 6.54 Å². The molecule has 1 aromatic heterocycles. The van der Waals surface area contributed by atoms with Crippen LogP contribution in [0.3, 0.4) is 0 Å². The van der Waals surface area contributed by atoms with Gasteiger partial charge in [-0.25, -0.2) is 4.98 Å². The highest BCUT2D eigenvalue weighted by molar-refractivity contribution is 5.38. The molecule has 1 fully saturated rings. The molecule has 0 bridgehead atoms. The van der Waals surface area contributed by atoms with Crippen molar-refractivity contribution in [1.29, 1.82) is 0 Å². The molecule has 16 heavy (non-hydrogen) atoms. The van der Waals surface area contributed by atoms with Gasteiger partial charge in [0.25, 0.3) is 0 Å². The molecular formula is C13H21N3. The highest BCUT2D eigenvalue weighted by Crippen LogP contribution is 2.26. The summed E-state index contributed by atoms with van der Waals surface area (Å²) in [7, 11) is 2.13. The van der Waals surface area contributed by atoms with E-state index in [1.165, 1.54) is 25.7 Å². The number of pyridine rings is 1. The van der Waals surface area contributed by atoms with Crippen LogP contribution in [0.15, 0.2) is 18.3 Å². The zero-order valence-electron chi connectivity index (χ0n) is 10.0. The van der Waals surface area contributed by atoms with E-state index >= 15 is 0 Å². The maximum atomic E-state index is 5.55. The Bertz CT molecular complexity index is 314. The summed E-state index contributed by atoms with van der Waals surface area (Å²) in [4.78, 5) is 6.70. The minimum absolute atomic E-state index is 0.569. The van der Waals surface area contributed by atoms with Gasteiger partial charge in [-0.05, 0) is 30.4 Å². The molecule has 88 valence electrons. The summed E-state index contributed by atoms with van der Waals surface area (Å²) in [6.45, 7) is 1.70. The minimum Gasteiger partial charge on any atom is -0.359 e. The van der Waals surface area contributed by atoms with Crippen LogP contribution in [0.1, 0.15) is 31.2 Å². The highest BCUT2D eigenvalue weighted by Gasteiger charge is 2.17. The average Bonchev–Trinajstić information content (AvgIpc) is 2.82. The largest absolute Gasteiger partial charge is 0.359 e. The standard InChI is InChI=1S/C13H21N3/c1-16(10-11-4-2-3-5-11)13-7-6-12(8-14)9-15-13/h6-7,9,11H,2-5,8,10,14H2,1H3. The number of nitrogens with zero attached hydrogens (tertiary/aromatic N) is 2. The van der Waals surface area contributed by atoms with Gasteiger partial charge in [-0.2, -0.15) is 0 Å². The number of hydrogen-bond acceptors (Lipinski definition) is 3. The Hall–Kier alpha value is -1.09. The van der Waals surface area contributed by atoms with E-state index in [1.807, 2.05) is 6.20 Å². The first kappa shape index (κ1) is 11.4. The van der Waals surface area contributed by atoms with Gasteiger partial charge in [-0.1, -0.05) is 18.9 Å². The highest BCUT2D eigenvalue weighted by atomic mass is 15.2. The second kappa shape index (κ2) is 5.30. The van der Waals surface area contributed by atoms with E-state index in [-0.39, 0.29) is 0 Å². The van der Waals surface area contributed by atoms with Crippen molar-refractivity contribution in [3.8, 4) is 0 Å². The van der Waals surface area contributed by atoms with Crippen molar-refractivity contribution in [1.82, 2.24) is 4.98 Å². The lowest BCUT2D eigenvalue weighted by Crippen LogP contribution is -2.24. The van der Waals surface area contributed by atoms with Crippen LogP contribution in [0.4, 0.5) is 5.82 Å². The second-order valence-corrected chi connectivity index (χ2v) is 4.76. The molecule has 0 unspecified atom stereocenters. The topological polar surface area (TPSA) is 42.1 Å². The van der Waals surface area contributed by atoms with Gasteiger partial charge in [0, 0.05) is 26.3 Å². The Morgan fingerprint density at radius 3 is 2.69 bits per heavy atom. The van der Waals surface area contributed by atoms with E-state index in [1.54, 1.807) is 0 Å². The minimum atomic E-state index is 0.569. The molecule has 3 nitrogen and oxygen atoms in total. The molecule has 1 saturated carbocycles. The number of hydrogen-bond donors (Lipinski definition) is 1. The van der Waals surface area contributed by atoms with E-state index in [9.17, 15) is 0 Å². The molecule has 0 saturated heterocycles. The van der Waals surface area contributed by atoms with Gasteiger partial charge >= 0.3 is 0 Å². The van der Waals surface area contributed by atoms with Crippen molar-refractivity contribution in [3.63, 3.8) is 0 Å². The Morgan fingerprint density at radius 2 is 2.12 bits per heavy atom. The van der Waals surface area contributed by atoms with Gasteiger partial charge < -0.3 is 10.6 Å². The van der Waals surface area contributed by atoms with Crippen LogP contribution in [-0.4, -0.2) is 18.6 Å². The Morgan fingerprint density at radius 1 is 1.38 bits per heavy atom. The van der Waals surface area contributed by atoms with Gasteiger partial charge in [0.15, 0.2) is 0 Å². The molecule has 1 heterocycles. The van der Waals surface area contributed by atoms with E-state index in [4.69, 9.17) is 5.73 Å². The van der Waals surface area contributed by atoms with Gasteiger partial charge in [0.1, 0.15) is 5.82 Å². The third-order valence-corrected chi connectivity index (χ3v) is 3.44. The van der Waals surface area contributed by atoms with Crippen LogP contribution in [0.25, 0.3) is 0 Å². The summed E-state index contributed by atoms with van der Waals surface area (Å²) in [5, 5.41) is 0. The van der Waals surface area contributed by atoms with Crippen molar-refractivity contribution < 1.29 is 0 Å². The van der Waals surface area contributed by atoms with Crippen LogP contribution in [0, 0.1) is 5.92 Å². The maximum Gasteiger partial charge on any atom is 0.128 e. The Balaban J connectivity index is 1.94. The summed E-state index contributed by atoms with van der Waals surface area (Å²) in [6, 6.07) is 4.13. The lowest BCUT2D eigenvalue weighted by atomic mass is 10.1. The number of anilines is 1. The molecule has 0 radical (unpaired) electrons. The van der Waals surface area contributed by atoms with Crippen molar-refractivity contribution in [2.75, 3.05) is 18.5 Å². The quantitative estimate of drug-likeness (QED) is 0.844. The first-order chi connectivity index (χ1) is 7.79. The zero-order chi connectivity index (χ0) is 11.4. The van der Waals surface area contributed by atoms with E-state index in [2.05, 4.69) is 29.1 Å². The molecular weight excluding hydrogens is 198 g/mol. The smallest absolute Gasteiger partial charge is 0.128 e. The lowest BCUT2D eigenvalue weighted by Gasteiger charge is -2.22. The molecule has 2 N–H and O–H groups in total. The van der Waals surface area contributed by atoms with E-state index in [0.717, 1.165) is 23.8 Å². The summed E-state index contributed by atoms with van der Waals surface area (Å²) >= 11 is 0. The number of nitrogens with two attached hydrogens (primary N) is 1. The predicted molar refractivity (Wildman–Crippen MR) is 67.4 cm³/mol. The number of aromatic nitrogens is 1. The molecule has 0 amide bonds. The molecule has 0 spiro atoms. The van der Waals surface area contributed by atoms with Crippen molar-refractivity contribution in [2.45, 2.75) is 32.2 Å². The monoisotopic (exact) mass is 219 g/mol. The van der Waals surface area contributed by atoms with Gasteiger partial charge in [0.05, 0.1) is 0 Å². The fraction of sp³-hybridized carbons (Fsp3) is 0.615. The molecule has 0 atom stereocenters. The summed E-state index contributed by atoms with van der Waals surface area (Å²) in [6.07, 6.45) is 7.44. The predicted octanol–water partition coefficient (Wildman–Crippen LogP) is 2.17. The Kier molecular flexibility index (Phi) is 3.78. The summed E-state index contributed by atoms with van der Waals surface area (Å²) in [5.41, 5.74) is 6.65. The molecule has 1 aromatic rings. The van der Waals surface area contributed by atoms with Gasteiger partial charge in [0.2, 0.25) is 0 Å². The molecule has 1 aliphatic carbocycles. The lowest BCUT2D eigenvalue weighted by molar-refractivity contribution is 0.545. The third-order valence-electron chi connectivity index (χ3n) is 3.44. The second-order valence-electron chi connectivity index (χ2n) is 4.76. The molecule has 0 aromatic carbocycles. The first-order valence-electron chi connectivity index (χ1n) is 6.15. The summed E-state index contributed by atoms with van der Waals surface area (Å²) in [5.74, 6) is 1.92. The van der Waals surface area contributed by atoms with E-state index in [0.29, 0.717) is 6.54 Å². The molecule has 3 heteroatoms. The first-order valence-corrected chi connectivity index (χ1v) is 6.15. The van der Waals surface area contributed by atoms with Crippen LogP contribution in [0.2, 0.25) is 0 Å². The zero-order valence-corrected chi connectivity index (χ0v) is 10.0. The van der Waals surface area contributed by atoms with Crippen molar-refractivity contribution >= 4 is 5.82 Å². The fourth-order valence-electron chi connectivity index (χ4n) is 2.44. The summed E-state index contributed by atoms with van der Waals surface area (Å²) < 4.78 is 0. The molecule has 2 rings (SSSR count). The van der Waals surface area contributed by atoms with Gasteiger partial charge in [-0.3, -0.25) is 0 Å². The van der Waals surface area contributed by atoms with Gasteiger partial charge in [-0.15, -0.1) is 0 Å². The van der Waals surface area contributed by atoms with Crippen LogP contribution in [0.5, 0.6) is 0 Å². The van der Waals surface area contributed by atoms with Crippen molar-refractivity contribution in [2.24, 2.45) is 11.7 Å². The normalized spacial score (nSPS) is 16.6. The van der Waals surface area contributed by atoms with Crippen molar-refractivity contribution in [3.05, 3.63) is 23.9 Å². The van der Waals surface area contributed by atoms with Crippen LogP contribution >= 0.6 is 0 Å². The SMILES string of the molecule is CN(CC1CCCC1)c1ccc(CN)cn1. The third kappa shape index (κ3) is 2.73. The average molecular weight is 219 g/mol. The Labute approximate surface area is 97.7 Å². The molecule has 0 aliphatic heterocycles. The number of rotatable bonds is 4. The van der Waals surface area contributed by atoms with Crippen LogP contribution < -0.4 is 10.6 Å². The fourth-order valence-corrected chi connectivity index (χ4v) is 2.44. The van der Waals surface area contributed by atoms with E-state index < -0.39 is 0 Å². The molecule has 1 aliphatic rings. The maximum absolute atomic E-state index is 5.55.